The van der Waals surface area contributed by atoms with Gasteiger partial charge in [0.2, 0.25) is 5.91 Å². The van der Waals surface area contributed by atoms with Crippen molar-refractivity contribution in [3.63, 3.8) is 0 Å². The lowest BCUT2D eigenvalue weighted by Crippen LogP contribution is -2.38. The lowest BCUT2D eigenvalue weighted by molar-refractivity contribution is -0.122. The highest BCUT2D eigenvalue weighted by molar-refractivity contribution is 7.10. The van der Waals surface area contributed by atoms with E-state index in [9.17, 15) is 9.90 Å². The van der Waals surface area contributed by atoms with Crippen molar-refractivity contribution in [2.45, 2.75) is 57.5 Å². The lowest BCUT2D eigenvalue weighted by atomic mass is 9.86. The molecule has 3 nitrogen and oxygen atoms in total. The molecule has 1 saturated carbocycles. The van der Waals surface area contributed by atoms with Crippen molar-refractivity contribution in [2.75, 3.05) is 6.54 Å². The first-order valence-electron chi connectivity index (χ1n) is 7.61. The maximum absolute atomic E-state index is 11.9. The van der Waals surface area contributed by atoms with Crippen LogP contribution in [0.25, 0.3) is 0 Å². The molecule has 0 saturated heterocycles. The molecule has 1 aliphatic carbocycles. The number of thiophene rings is 1. The molecule has 1 aliphatic rings. The average molecular weight is 295 g/mol. The number of carbonyl (C=O) groups excluding carboxylic acids is 1. The van der Waals surface area contributed by atoms with Gasteiger partial charge in [-0.05, 0) is 30.7 Å². The molecule has 0 aromatic carbocycles. The number of rotatable bonds is 6. The van der Waals surface area contributed by atoms with E-state index in [0.29, 0.717) is 6.42 Å². The maximum Gasteiger partial charge on any atom is 0.220 e. The smallest absolute Gasteiger partial charge is 0.220 e. The maximum atomic E-state index is 11.9. The highest BCUT2D eigenvalue weighted by atomic mass is 32.1. The number of aliphatic hydroxyl groups is 1. The quantitative estimate of drug-likeness (QED) is 0.844. The van der Waals surface area contributed by atoms with Gasteiger partial charge in [-0.25, -0.2) is 0 Å². The molecule has 4 heteroatoms. The van der Waals surface area contributed by atoms with Gasteiger partial charge in [0.25, 0.3) is 0 Å². The Morgan fingerprint density at radius 1 is 1.45 bits per heavy atom. The van der Waals surface area contributed by atoms with Crippen LogP contribution in [0.2, 0.25) is 0 Å². The largest absolute Gasteiger partial charge is 0.383 e. The van der Waals surface area contributed by atoms with Gasteiger partial charge < -0.3 is 10.4 Å². The van der Waals surface area contributed by atoms with Crippen LogP contribution in [0.5, 0.6) is 0 Å². The molecule has 0 aliphatic heterocycles. The van der Waals surface area contributed by atoms with Crippen molar-refractivity contribution in [3.8, 4) is 0 Å². The fourth-order valence-electron chi connectivity index (χ4n) is 2.84. The van der Waals surface area contributed by atoms with Crippen molar-refractivity contribution in [1.82, 2.24) is 5.32 Å². The summed E-state index contributed by atoms with van der Waals surface area (Å²) in [5, 5.41) is 15.1. The highest BCUT2D eigenvalue weighted by Crippen LogP contribution is 2.27. The molecule has 1 atom stereocenters. The number of amides is 1. The fraction of sp³-hybridized carbons (Fsp3) is 0.688. The Balaban J connectivity index is 1.69. The van der Waals surface area contributed by atoms with E-state index in [1.54, 1.807) is 6.92 Å². The van der Waals surface area contributed by atoms with E-state index in [1.807, 2.05) is 17.5 Å². The summed E-state index contributed by atoms with van der Waals surface area (Å²) in [5.41, 5.74) is -0.964. The Kier molecular flexibility index (Phi) is 5.61. The average Bonchev–Trinajstić information content (AvgIpc) is 2.99. The molecule has 1 heterocycles. The number of hydrogen-bond donors (Lipinski definition) is 2. The van der Waals surface area contributed by atoms with Crippen LogP contribution in [-0.4, -0.2) is 17.6 Å². The van der Waals surface area contributed by atoms with Crippen molar-refractivity contribution >= 4 is 17.2 Å². The normalized spacial score (nSPS) is 19.5. The van der Waals surface area contributed by atoms with Gasteiger partial charge in [0, 0.05) is 11.3 Å². The van der Waals surface area contributed by atoms with Gasteiger partial charge in [0.1, 0.15) is 5.60 Å². The summed E-state index contributed by atoms with van der Waals surface area (Å²) in [6.07, 6.45) is 8.13. The summed E-state index contributed by atoms with van der Waals surface area (Å²) >= 11 is 1.52. The van der Waals surface area contributed by atoms with Gasteiger partial charge in [0.15, 0.2) is 0 Å². The zero-order valence-electron chi connectivity index (χ0n) is 12.2. The van der Waals surface area contributed by atoms with E-state index in [4.69, 9.17) is 0 Å². The zero-order valence-corrected chi connectivity index (χ0v) is 13.0. The van der Waals surface area contributed by atoms with Gasteiger partial charge in [0.05, 0.1) is 6.54 Å². The second-order valence-corrected chi connectivity index (χ2v) is 7.02. The lowest BCUT2D eigenvalue weighted by Gasteiger charge is -2.23. The van der Waals surface area contributed by atoms with Crippen LogP contribution in [-0.2, 0) is 10.4 Å². The minimum atomic E-state index is -0.964. The van der Waals surface area contributed by atoms with Gasteiger partial charge in [-0.15, -0.1) is 11.3 Å². The zero-order chi connectivity index (χ0) is 14.4. The summed E-state index contributed by atoms with van der Waals surface area (Å²) in [5.74, 6) is 0.791. The fourth-order valence-corrected chi connectivity index (χ4v) is 3.63. The second-order valence-electron chi connectivity index (χ2n) is 6.07. The van der Waals surface area contributed by atoms with Crippen LogP contribution in [0, 0.1) is 5.92 Å². The van der Waals surface area contributed by atoms with Gasteiger partial charge in [-0.3, -0.25) is 4.79 Å². The van der Waals surface area contributed by atoms with Crippen molar-refractivity contribution in [2.24, 2.45) is 5.92 Å². The highest BCUT2D eigenvalue weighted by Gasteiger charge is 2.25. The standard InChI is InChI=1S/C16H25NO2S/c1-16(19,14-8-5-11-20-14)12-17-15(18)10-9-13-6-3-2-4-7-13/h5,8,11,13,19H,2-4,6-7,9-10,12H2,1H3,(H,17,18). The Morgan fingerprint density at radius 2 is 2.20 bits per heavy atom. The van der Waals surface area contributed by atoms with Gasteiger partial charge in [-0.1, -0.05) is 38.2 Å². The Bertz CT molecular complexity index is 408. The van der Waals surface area contributed by atoms with Gasteiger partial charge in [-0.2, -0.15) is 0 Å². The summed E-state index contributed by atoms with van der Waals surface area (Å²) in [7, 11) is 0. The van der Waals surface area contributed by atoms with Crippen LogP contribution in [0.1, 0.15) is 56.7 Å². The number of carbonyl (C=O) groups is 1. The summed E-state index contributed by atoms with van der Waals surface area (Å²) in [6, 6.07) is 3.82. The molecule has 0 bridgehead atoms. The topological polar surface area (TPSA) is 49.3 Å². The summed E-state index contributed by atoms with van der Waals surface area (Å²) in [4.78, 5) is 12.8. The Labute approximate surface area is 125 Å². The first kappa shape index (κ1) is 15.5. The predicted molar refractivity (Wildman–Crippen MR) is 82.7 cm³/mol. The Hall–Kier alpha value is -0.870. The number of hydrogen-bond acceptors (Lipinski definition) is 3. The molecular formula is C16H25NO2S. The van der Waals surface area contributed by atoms with Crippen LogP contribution in [0.15, 0.2) is 17.5 Å². The van der Waals surface area contributed by atoms with Crippen molar-refractivity contribution in [3.05, 3.63) is 22.4 Å². The van der Waals surface area contributed by atoms with Crippen molar-refractivity contribution in [1.29, 1.82) is 0 Å². The SMILES string of the molecule is CC(O)(CNC(=O)CCC1CCCCC1)c1cccs1. The third kappa shape index (κ3) is 4.60. The van der Waals surface area contributed by atoms with E-state index in [-0.39, 0.29) is 12.5 Å². The van der Waals surface area contributed by atoms with E-state index in [1.165, 1.54) is 43.4 Å². The molecule has 0 spiro atoms. The van der Waals surface area contributed by atoms with Crippen LogP contribution in [0.3, 0.4) is 0 Å². The molecule has 1 aromatic rings. The molecule has 112 valence electrons. The van der Waals surface area contributed by atoms with Crippen LogP contribution >= 0.6 is 11.3 Å². The third-order valence-electron chi connectivity index (χ3n) is 4.19. The third-order valence-corrected chi connectivity index (χ3v) is 5.31. The molecular weight excluding hydrogens is 270 g/mol. The second kappa shape index (κ2) is 7.23. The van der Waals surface area contributed by atoms with Crippen molar-refractivity contribution < 1.29 is 9.90 Å². The molecule has 2 rings (SSSR count). The van der Waals surface area contributed by atoms with Crippen LogP contribution < -0.4 is 5.32 Å². The minimum absolute atomic E-state index is 0.0624. The molecule has 1 aromatic heterocycles. The van der Waals surface area contributed by atoms with E-state index in [2.05, 4.69) is 5.32 Å². The molecule has 1 amide bonds. The summed E-state index contributed by atoms with van der Waals surface area (Å²) in [6.45, 7) is 2.04. The molecule has 0 radical (unpaired) electrons. The number of nitrogens with one attached hydrogen (secondary N) is 1. The minimum Gasteiger partial charge on any atom is -0.383 e. The summed E-state index contributed by atoms with van der Waals surface area (Å²) < 4.78 is 0. The predicted octanol–water partition coefficient (Wildman–Crippen LogP) is 3.43. The van der Waals surface area contributed by atoms with E-state index < -0.39 is 5.60 Å². The molecule has 1 unspecified atom stereocenters. The Morgan fingerprint density at radius 3 is 2.85 bits per heavy atom. The van der Waals surface area contributed by atoms with Gasteiger partial charge >= 0.3 is 0 Å². The molecule has 20 heavy (non-hydrogen) atoms. The monoisotopic (exact) mass is 295 g/mol. The molecule has 2 N–H and O–H groups in total. The first-order chi connectivity index (χ1) is 9.58. The van der Waals surface area contributed by atoms with E-state index in [0.717, 1.165) is 17.2 Å². The van der Waals surface area contributed by atoms with E-state index >= 15 is 0 Å². The first-order valence-corrected chi connectivity index (χ1v) is 8.49. The van der Waals surface area contributed by atoms with Crippen LogP contribution in [0.4, 0.5) is 0 Å². The molecule has 1 fully saturated rings.